The highest BCUT2D eigenvalue weighted by Crippen LogP contribution is 2.14. The molecule has 0 saturated heterocycles. The maximum atomic E-state index is 10.7. The van der Waals surface area contributed by atoms with Crippen molar-refractivity contribution in [3.05, 3.63) is 60.2 Å². The SMILES string of the molecule is O=C(O)c1ccc(OCc2cn3cccnc3n2)cc1. The van der Waals surface area contributed by atoms with Crippen molar-refractivity contribution in [2.45, 2.75) is 6.61 Å². The molecule has 2 heterocycles. The van der Waals surface area contributed by atoms with E-state index in [9.17, 15) is 4.79 Å². The molecule has 0 radical (unpaired) electrons. The summed E-state index contributed by atoms with van der Waals surface area (Å²) >= 11 is 0. The summed E-state index contributed by atoms with van der Waals surface area (Å²) in [5, 5.41) is 8.80. The van der Waals surface area contributed by atoms with Gasteiger partial charge in [0, 0.05) is 18.6 Å². The van der Waals surface area contributed by atoms with E-state index >= 15 is 0 Å². The summed E-state index contributed by atoms with van der Waals surface area (Å²) in [6.07, 6.45) is 5.38. The van der Waals surface area contributed by atoms with E-state index in [1.54, 1.807) is 18.3 Å². The average Bonchev–Trinajstić information content (AvgIpc) is 2.88. The summed E-state index contributed by atoms with van der Waals surface area (Å²) in [6.45, 7) is 0.301. The van der Waals surface area contributed by atoms with Crippen LogP contribution in [0.3, 0.4) is 0 Å². The van der Waals surface area contributed by atoms with Crippen LogP contribution in [-0.4, -0.2) is 25.4 Å². The number of hydrogen-bond acceptors (Lipinski definition) is 4. The molecule has 0 atom stereocenters. The van der Waals surface area contributed by atoms with Crippen molar-refractivity contribution in [2.75, 3.05) is 0 Å². The molecule has 3 rings (SSSR count). The Kier molecular flexibility index (Phi) is 3.04. The van der Waals surface area contributed by atoms with E-state index in [4.69, 9.17) is 9.84 Å². The summed E-state index contributed by atoms with van der Waals surface area (Å²) < 4.78 is 7.37. The molecule has 0 saturated carbocycles. The molecule has 20 heavy (non-hydrogen) atoms. The van der Waals surface area contributed by atoms with Crippen LogP contribution >= 0.6 is 0 Å². The molecule has 6 heteroatoms. The minimum atomic E-state index is -0.956. The van der Waals surface area contributed by atoms with Gasteiger partial charge in [0.2, 0.25) is 5.78 Å². The molecule has 1 N–H and O–H groups in total. The van der Waals surface area contributed by atoms with Gasteiger partial charge < -0.3 is 9.84 Å². The highest BCUT2D eigenvalue weighted by Gasteiger charge is 2.04. The lowest BCUT2D eigenvalue weighted by atomic mass is 10.2. The molecule has 6 nitrogen and oxygen atoms in total. The van der Waals surface area contributed by atoms with Gasteiger partial charge in [-0.25, -0.2) is 14.8 Å². The van der Waals surface area contributed by atoms with E-state index in [0.29, 0.717) is 18.1 Å². The minimum Gasteiger partial charge on any atom is -0.487 e. The molecule has 0 amide bonds. The fourth-order valence-electron chi connectivity index (χ4n) is 1.80. The fraction of sp³-hybridized carbons (Fsp3) is 0.0714. The summed E-state index contributed by atoms with van der Waals surface area (Å²) in [5.41, 5.74) is 0.986. The Morgan fingerprint density at radius 1 is 1.30 bits per heavy atom. The van der Waals surface area contributed by atoms with E-state index in [-0.39, 0.29) is 5.56 Å². The predicted octanol–water partition coefficient (Wildman–Crippen LogP) is 2.01. The van der Waals surface area contributed by atoms with Gasteiger partial charge in [0.25, 0.3) is 0 Å². The number of carbonyl (C=O) groups is 1. The summed E-state index contributed by atoms with van der Waals surface area (Å²) in [5.74, 6) is 0.260. The number of hydrogen-bond donors (Lipinski definition) is 1. The van der Waals surface area contributed by atoms with Gasteiger partial charge >= 0.3 is 5.97 Å². The van der Waals surface area contributed by atoms with Crippen LogP contribution in [0.5, 0.6) is 5.75 Å². The zero-order valence-electron chi connectivity index (χ0n) is 10.4. The standard InChI is InChI=1S/C14H11N3O3/c18-13(19)10-2-4-12(5-3-10)20-9-11-8-17-7-1-6-15-14(17)16-11/h1-8H,9H2,(H,18,19). The second-order valence-corrected chi connectivity index (χ2v) is 4.18. The van der Waals surface area contributed by atoms with Gasteiger partial charge in [0.1, 0.15) is 12.4 Å². The minimum absolute atomic E-state index is 0.231. The van der Waals surface area contributed by atoms with Crippen molar-refractivity contribution in [2.24, 2.45) is 0 Å². The van der Waals surface area contributed by atoms with Gasteiger partial charge in [0.05, 0.1) is 11.3 Å². The molecule has 0 unspecified atom stereocenters. The molecule has 0 aliphatic carbocycles. The number of ether oxygens (including phenoxy) is 1. The lowest BCUT2D eigenvalue weighted by molar-refractivity contribution is 0.0697. The van der Waals surface area contributed by atoms with Gasteiger partial charge in [0.15, 0.2) is 0 Å². The number of carboxylic acid groups (broad SMARTS) is 1. The third kappa shape index (κ3) is 2.44. The predicted molar refractivity (Wildman–Crippen MR) is 70.7 cm³/mol. The van der Waals surface area contributed by atoms with Crippen molar-refractivity contribution < 1.29 is 14.6 Å². The van der Waals surface area contributed by atoms with Crippen LogP contribution in [0.25, 0.3) is 5.78 Å². The van der Waals surface area contributed by atoms with Crippen LogP contribution in [0.1, 0.15) is 16.1 Å². The lowest BCUT2D eigenvalue weighted by Gasteiger charge is -2.03. The molecule has 1 aromatic carbocycles. The molecule has 3 aromatic rings. The normalized spacial score (nSPS) is 10.6. The summed E-state index contributed by atoms with van der Waals surface area (Å²) in [4.78, 5) is 19.2. The Morgan fingerprint density at radius 3 is 2.80 bits per heavy atom. The Balaban J connectivity index is 1.71. The summed E-state index contributed by atoms with van der Waals surface area (Å²) in [6, 6.07) is 8.07. The van der Waals surface area contributed by atoms with Crippen LogP contribution in [0.2, 0.25) is 0 Å². The lowest BCUT2D eigenvalue weighted by Crippen LogP contribution is -1.98. The molecular formula is C14H11N3O3. The smallest absolute Gasteiger partial charge is 0.335 e. The third-order valence-corrected chi connectivity index (χ3v) is 2.77. The molecule has 100 valence electrons. The zero-order valence-corrected chi connectivity index (χ0v) is 10.4. The highest BCUT2D eigenvalue weighted by molar-refractivity contribution is 5.87. The Labute approximate surface area is 114 Å². The highest BCUT2D eigenvalue weighted by atomic mass is 16.5. The van der Waals surface area contributed by atoms with Gasteiger partial charge in [-0.05, 0) is 30.3 Å². The maximum absolute atomic E-state index is 10.7. The van der Waals surface area contributed by atoms with Gasteiger partial charge in [-0.3, -0.25) is 4.40 Å². The third-order valence-electron chi connectivity index (χ3n) is 2.77. The fourth-order valence-corrected chi connectivity index (χ4v) is 1.80. The maximum Gasteiger partial charge on any atom is 0.335 e. The van der Waals surface area contributed by atoms with Crippen LogP contribution in [0.15, 0.2) is 48.9 Å². The first-order valence-corrected chi connectivity index (χ1v) is 5.97. The first kappa shape index (κ1) is 12.2. The molecule has 0 bridgehead atoms. The van der Waals surface area contributed by atoms with E-state index in [2.05, 4.69) is 9.97 Å². The first-order chi connectivity index (χ1) is 9.72. The number of aromatic carboxylic acids is 1. The van der Waals surface area contributed by atoms with E-state index < -0.39 is 5.97 Å². The van der Waals surface area contributed by atoms with Gasteiger partial charge in [-0.15, -0.1) is 0 Å². The molecule has 0 fully saturated rings. The average molecular weight is 269 g/mol. The molecular weight excluding hydrogens is 258 g/mol. The summed E-state index contributed by atoms with van der Waals surface area (Å²) in [7, 11) is 0. The Morgan fingerprint density at radius 2 is 2.10 bits per heavy atom. The topological polar surface area (TPSA) is 76.7 Å². The quantitative estimate of drug-likeness (QED) is 0.784. The van der Waals surface area contributed by atoms with Gasteiger partial charge in [-0.2, -0.15) is 0 Å². The Bertz CT molecular complexity index is 717. The van der Waals surface area contributed by atoms with Crippen LogP contribution in [0.4, 0.5) is 0 Å². The molecule has 2 aromatic heterocycles. The van der Waals surface area contributed by atoms with E-state index in [1.165, 1.54) is 12.1 Å². The zero-order chi connectivity index (χ0) is 13.9. The van der Waals surface area contributed by atoms with E-state index in [1.807, 2.05) is 22.9 Å². The molecule has 0 aliphatic rings. The van der Waals surface area contributed by atoms with E-state index in [0.717, 1.165) is 5.69 Å². The number of carboxylic acids is 1. The number of aromatic nitrogens is 3. The van der Waals surface area contributed by atoms with Crippen LogP contribution in [-0.2, 0) is 6.61 Å². The van der Waals surface area contributed by atoms with Crippen molar-refractivity contribution in [3.63, 3.8) is 0 Å². The van der Waals surface area contributed by atoms with Crippen molar-refractivity contribution in [1.29, 1.82) is 0 Å². The number of rotatable bonds is 4. The second-order valence-electron chi connectivity index (χ2n) is 4.18. The molecule has 0 aliphatic heterocycles. The number of nitrogens with zero attached hydrogens (tertiary/aromatic N) is 3. The van der Waals surface area contributed by atoms with Crippen molar-refractivity contribution in [1.82, 2.24) is 14.4 Å². The number of imidazole rings is 1. The number of benzene rings is 1. The van der Waals surface area contributed by atoms with Crippen LogP contribution < -0.4 is 4.74 Å². The second kappa shape index (κ2) is 5.00. The number of fused-ring (bicyclic) bond motifs is 1. The Hall–Kier alpha value is -2.89. The van der Waals surface area contributed by atoms with Crippen LogP contribution in [0, 0.1) is 0 Å². The van der Waals surface area contributed by atoms with Gasteiger partial charge in [-0.1, -0.05) is 0 Å². The van der Waals surface area contributed by atoms with Crippen molar-refractivity contribution >= 4 is 11.7 Å². The largest absolute Gasteiger partial charge is 0.487 e. The molecule has 0 spiro atoms. The monoisotopic (exact) mass is 269 g/mol. The van der Waals surface area contributed by atoms with Crippen molar-refractivity contribution in [3.8, 4) is 5.75 Å². The first-order valence-electron chi connectivity index (χ1n) is 5.97.